The molecule has 0 bridgehead atoms. The Labute approximate surface area is 96.0 Å². The molecule has 0 saturated heterocycles. The van der Waals surface area contributed by atoms with Gasteiger partial charge in [0.05, 0.1) is 11.4 Å². The van der Waals surface area contributed by atoms with Crippen molar-refractivity contribution in [2.75, 3.05) is 17.6 Å². The Morgan fingerprint density at radius 1 is 1.44 bits per heavy atom. The van der Waals surface area contributed by atoms with E-state index in [1.54, 1.807) is 6.07 Å². The average molecular weight is 222 g/mol. The quantitative estimate of drug-likeness (QED) is 0.767. The van der Waals surface area contributed by atoms with Crippen molar-refractivity contribution in [3.8, 4) is 0 Å². The molecule has 0 atom stereocenters. The molecule has 2 nitrogen and oxygen atoms in total. The molecule has 0 spiro atoms. The lowest BCUT2D eigenvalue weighted by molar-refractivity contribution is 0.380. The fourth-order valence-corrected chi connectivity index (χ4v) is 2.07. The first kappa shape index (κ1) is 11.2. The lowest BCUT2D eigenvalue weighted by atomic mass is 9.92. The molecule has 0 aliphatic heterocycles. The largest absolute Gasteiger partial charge is 0.397 e. The zero-order valence-electron chi connectivity index (χ0n) is 9.89. The minimum atomic E-state index is -0.244. The Balaban J connectivity index is 2.02. The monoisotopic (exact) mass is 222 g/mol. The Morgan fingerprint density at radius 3 is 2.69 bits per heavy atom. The number of nitrogens with two attached hydrogens (primary N) is 1. The van der Waals surface area contributed by atoms with Crippen LogP contribution in [0.15, 0.2) is 18.2 Å². The number of rotatable bonds is 4. The third kappa shape index (κ3) is 2.13. The van der Waals surface area contributed by atoms with Gasteiger partial charge in [0.25, 0.3) is 0 Å². The van der Waals surface area contributed by atoms with Crippen LogP contribution in [0.3, 0.4) is 0 Å². The molecule has 16 heavy (non-hydrogen) atoms. The molecular formula is C13H19FN2. The Morgan fingerprint density at radius 2 is 2.12 bits per heavy atom. The number of halogens is 1. The van der Waals surface area contributed by atoms with Crippen LogP contribution in [0, 0.1) is 17.2 Å². The number of anilines is 2. The number of hydrogen-bond donors (Lipinski definition) is 2. The molecule has 2 rings (SSSR count). The summed E-state index contributed by atoms with van der Waals surface area (Å²) in [5.41, 5.74) is 7.51. The minimum Gasteiger partial charge on any atom is -0.397 e. The first-order valence-electron chi connectivity index (χ1n) is 5.82. The molecule has 0 radical (unpaired) electrons. The topological polar surface area (TPSA) is 38.0 Å². The summed E-state index contributed by atoms with van der Waals surface area (Å²) in [4.78, 5) is 0. The van der Waals surface area contributed by atoms with Crippen molar-refractivity contribution in [3.63, 3.8) is 0 Å². The molecule has 0 unspecified atom stereocenters. The van der Waals surface area contributed by atoms with Gasteiger partial charge in [0.15, 0.2) is 0 Å². The second-order valence-electron chi connectivity index (χ2n) is 5.10. The molecule has 3 heteroatoms. The smallest absolute Gasteiger partial charge is 0.125 e. The van der Waals surface area contributed by atoms with Crippen molar-refractivity contribution in [1.29, 1.82) is 0 Å². The third-order valence-corrected chi connectivity index (χ3v) is 3.76. The Kier molecular flexibility index (Phi) is 2.78. The molecule has 0 heterocycles. The van der Waals surface area contributed by atoms with Crippen LogP contribution >= 0.6 is 0 Å². The van der Waals surface area contributed by atoms with Crippen LogP contribution < -0.4 is 11.1 Å². The van der Waals surface area contributed by atoms with Crippen LogP contribution in [0.1, 0.15) is 26.7 Å². The maximum absolute atomic E-state index is 13.0. The summed E-state index contributed by atoms with van der Waals surface area (Å²) in [6.45, 7) is 5.37. The van der Waals surface area contributed by atoms with Crippen LogP contribution in [0.4, 0.5) is 15.8 Å². The van der Waals surface area contributed by atoms with Crippen molar-refractivity contribution in [1.82, 2.24) is 0 Å². The van der Waals surface area contributed by atoms with Gasteiger partial charge >= 0.3 is 0 Å². The van der Waals surface area contributed by atoms with Crippen molar-refractivity contribution in [2.45, 2.75) is 26.7 Å². The average Bonchev–Trinajstić information content (AvgIpc) is 3.00. The Hall–Kier alpha value is -1.25. The highest BCUT2D eigenvalue weighted by Crippen LogP contribution is 2.51. The van der Waals surface area contributed by atoms with Crippen LogP contribution in [0.5, 0.6) is 0 Å². The second-order valence-corrected chi connectivity index (χ2v) is 5.10. The molecule has 1 fully saturated rings. The number of benzene rings is 1. The van der Waals surface area contributed by atoms with Gasteiger partial charge in [-0.15, -0.1) is 0 Å². The van der Waals surface area contributed by atoms with Gasteiger partial charge in [-0.05, 0) is 42.4 Å². The van der Waals surface area contributed by atoms with E-state index in [4.69, 9.17) is 5.73 Å². The number of nitrogen functional groups attached to an aromatic ring is 1. The van der Waals surface area contributed by atoms with Gasteiger partial charge in [0.1, 0.15) is 5.82 Å². The molecule has 1 aromatic carbocycles. The highest BCUT2D eigenvalue weighted by molar-refractivity contribution is 5.66. The standard InChI is InChI=1S/C13H19FN2/c1-9(2)13(5-6-13)8-16-12-7-10(14)3-4-11(12)15/h3-4,7,9,16H,5-6,8,15H2,1-2H3. The van der Waals surface area contributed by atoms with Gasteiger partial charge in [0.2, 0.25) is 0 Å². The van der Waals surface area contributed by atoms with E-state index in [0.717, 1.165) is 6.54 Å². The fraction of sp³-hybridized carbons (Fsp3) is 0.538. The zero-order chi connectivity index (χ0) is 11.8. The summed E-state index contributed by atoms with van der Waals surface area (Å²) < 4.78 is 13.0. The Bertz CT molecular complexity index is 384. The van der Waals surface area contributed by atoms with Crippen LogP contribution in [0.25, 0.3) is 0 Å². The van der Waals surface area contributed by atoms with E-state index >= 15 is 0 Å². The van der Waals surface area contributed by atoms with E-state index < -0.39 is 0 Å². The van der Waals surface area contributed by atoms with E-state index in [2.05, 4.69) is 19.2 Å². The molecular weight excluding hydrogens is 203 g/mol. The van der Waals surface area contributed by atoms with E-state index in [9.17, 15) is 4.39 Å². The van der Waals surface area contributed by atoms with Gasteiger partial charge in [-0.1, -0.05) is 13.8 Å². The van der Waals surface area contributed by atoms with Crippen molar-refractivity contribution >= 4 is 11.4 Å². The maximum atomic E-state index is 13.0. The highest BCUT2D eigenvalue weighted by atomic mass is 19.1. The summed E-state index contributed by atoms with van der Waals surface area (Å²) >= 11 is 0. The highest BCUT2D eigenvalue weighted by Gasteiger charge is 2.44. The summed E-state index contributed by atoms with van der Waals surface area (Å²) in [5, 5.41) is 3.27. The first-order chi connectivity index (χ1) is 7.53. The van der Waals surface area contributed by atoms with E-state index in [0.29, 0.717) is 22.7 Å². The predicted molar refractivity (Wildman–Crippen MR) is 65.8 cm³/mol. The van der Waals surface area contributed by atoms with Gasteiger partial charge in [-0.25, -0.2) is 4.39 Å². The van der Waals surface area contributed by atoms with Gasteiger partial charge in [-0.3, -0.25) is 0 Å². The summed E-state index contributed by atoms with van der Waals surface area (Å²) in [6, 6.07) is 4.45. The molecule has 1 aliphatic rings. The number of hydrogen-bond acceptors (Lipinski definition) is 2. The summed E-state index contributed by atoms with van der Waals surface area (Å²) in [6.07, 6.45) is 2.51. The SMILES string of the molecule is CC(C)C1(CNc2cc(F)ccc2N)CC1. The summed E-state index contributed by atoms with van der Waals surface area (Å²) in [7, 11) is 0. The minimum absolute atomic E-state index is 0.244. The van der Waals surface area contributed by atoms with Gasteiger partial charge < -0.3 is 11.1 Å². The van der Waals surface area contributed by atoms with Crippen molar-refractivity contribution < 1.29 is 4.39 Å². The van der Waals surface area contributed by atoms with Crippen molar-refractivity contribution in [3.05, 3.63) is 24.0 Å². The molecule has 3 N–H and O–H groups in total. The second kappa shape index (κ2) is 3.96. The maximum Gasteiger partial charge on any atom is 0.125 e. The molecule has 88 valence electrons. The van der Waals surface area contributed by atoms with Crippen LogP contribution in [-0.2, 0) is 0 Å². The molecule has 1 saturated carbocycles. The molecule has 0 amide bonds. The lowest BCUT2D eigenvalue weighted by Gasteiger charge is -2.21. The predicted octanol–water partition coefficient (Wildman–Crippen LogP) is 3.26. The van der Waals surface area contributed by atoms with Crippen molar-refractivity contribution in [2.24, 2.45) is 11.3 Å². The van der Waals surface area contributed by atoms with Crippen LogP contribution in [0.2, 0.25) is 0 Å². The molecule has 1 aromatic rings. The molecule has 1 aliphatic carbocycles. The zero-order valence-corrected chi connectivity index (χ0v) is 9.89. The van der Waals surface area contributed by atoms with E-state index in [1.165, 1.54) is 25.0 Å². The van der Waals surface area contributed by atoms with Gasteiger partial charge in [-0.2, -0.15) is 0 Å². The molecule has 0 aromatic heterocycles. The lowest BCUT2D eigenvalue weighted by Crippen LogP contribution is -2.21. The fourth-order valence-electron chi connectivity index (χ4n) is 2.07. The van der Waals surface area contributed by atoms with E-state index in [1.807, 2.05) is 0 Å². The number of nitrogens with one attached hydrogen (secondary N) is 1. The normalized spacial score (nSPS) is 17.5. The van der Waals surface area contributed by atoms with Crippen LogP contribution in [-0.4, -0.2) is 6.54 Å². The first-order valence-corrected chi connectivity index (χ1v) is 5.82. The van der Waals surface area contributed by atoms with E-state index in [-0.39, 0.29) is 5.82 Å². The van der Waals surface area contributed by atoms with Gasteiger partial charge in [0, 0.05) is 6.54 Å². The third-order valence-electron chi connectivity index (χ3n) is 3.76. The summed E-state index contributed by atoms with van der Waals surface area (Å²) in [5.74, 6) is 0.417.